The Hall–Kier alpha value is -1.08. The fraction of sp³-hybridized carbons (Fsp3) is 0.867. The van der Waals surface area contributed by atoms with Gasteiger partial charge in [0.25, 0.3) is 0 Å². The molecule has 0 radical (unpaired) electrons. The Kier molecular flexibility index (Phi) is 5.37. The second kappa shape index (κ2) is 6.38. The molecule has 0 aromatic carbocycles. The Morgan fingerprint density at radius 2 is 2.05 bits per heavy atom. The predicted molar refractivity (Wildman–Crippen MR) is 76.4 cm³/mol. The standard InChI is InChI=1S/C15H27N3O/c1-11(2)8-12(3)18(5)9-14(19)17-15(4,10-16)13-6-7-13/h11-13H,6-9H2,1-5H3,(H,17,19)/t12-,15-/m0/s1. The summed E-state index contributed by atoms with van der Waals surface area (Å²) in [4.78, 5) is 14.1. The second-order valence-corrected chi connectivity index (χ2v) is 6.53. The first-order valence-electron chi connectivity index (χ1n) is 7.21. The second-order valence-electron chi connectivity index (χ2n) is 6.53. The van der Waals surface area contributed by atoms with Crippen LogP contribution in [0.3, 0.4) is 0 Å². The molecule has 0 unspecified atom stereocenters. The molecule has 4 nitrogen and oxygen atoms in total. The summed E-state index contributed by atoms with van der Waals surface area (Å²) in [7, 11) is 1.97. The van der Waals surface area contributed by atoms with E-state index in [0.717, 1.165) is 19.3 Å². The van der Waals surface area contributed by atoms with Crippen molar-refractivity contribution in [2.24, 2.45) is 11.8 Å². The van der Waals surface area contributed by atoms with Gasteiger partial charge in [0, 0.05) is 6.04 Å². The van der Waals surface area contributed by atoms with E-state index in [2.05, 4.69) is 37.1 Å². The number of rotatable bonds is 7. The predicted octanol–water partition coefficient (Wildman–Crippen LogP) is 2.16. The summed E-state index contributed by atoms with van der Waals surface area (Å²) in [6.07, 6.45) is 3.16. The van der Waals surface area contributed by atoms with Gasteiger partial charge in [0.1, 0.15) is 5.54 Å². The largest absolute Gasteiger partial charge is 0.337 e. The lowest BCUT2D eigenvalue weighted by Gasteiger charge is -2.28. The highest BCUT2D eigenvalue weighted by Crippen LogP contribution is 2.39. The first-order valence-corrected chi connectivity index (χ1v) is 7.21. The lowest BCUT2D eigenvalue weighted by atomic mass is 9.98. The van der Waals surface area contributed by atoms with Crippen molar-refractivity contribution in [1.29, 1.82) is 5.26 Å². The van der Waals surface area contributed by atoms with E-state index >= 15 is 0 Å². The molecule has 0 heterocycles. The number of carbonyl (C=O) groups is 1. The van der Waals surface area contributed by atoms with Gasteiger partial charge >= 0.3 is 0 Å². The topological polar surface area (TPSA) is 56.1 Å². The molecular weight excluding hydrogens is 238 g/mol. The van der Waals surface area contributed by atoms with Gasteiger partial charge in [-0.25, -0.2) is 0 Å². The maximum atomic E-state index is 12.0. The fourth-order valence-corrected chi connectivity index (χ4v) is 2.46. The van der Waals surface area contributed by atoms with Gasteiger partial charge in [0.15, 0.2) is 0 Å². The van der Waals surface area contributed by atoms with Crippen LogP contribution in [-0.4, -0.2) is 36.0 Å². The molecule has 0 aromatic rings. The highest BCUT2D eigenvalue weighted by Gasteiger charge is 2.43. The summed E-state index contributed by atoms with van der Waals surface area (Å²) in [5, 5.41) is 12.1. The van der Waals surface area contributed by atoms with E-state index in [1.54, 1.807) is 0 Å². The number of hydrogen-bond donors (Lipinski definition) is 1. The minimum absolute atomic E-state index is 0.0472. The average molecular weight is 265 g/mol. The van der Waals surface area contributed by atoms with Crippen molar-refractivity contribution in [1.82, 2.24) is 10.2 Å². The number of nitrogens with zero attached hydrogens (tertiary/aromatic N) is 2. The third-order valence-corrected chi connectivity index (χ3v) is 3.98. The van der Waals surface area contributed by atoms with Crippen LogP contribution in [0.4, 0.5) is 0 Å². The Labute approximate surface area is 117 Å². The zero-order valence-electron chi connectivity index (χ0n) is 12.9. The number of nitriles is 1. The summed E-state index contributed by atoms with van der Waals surface area (Å²) in [5.41, 5.74) is -0.681. The van der Waals surface area contributed by atoms with Crippen LogP contribution >= 0.6 is 0 Å². The molecule has 4 heteroatoms. The Morgan fingerprint density at radius 3 is 2.47 bits per heavy atom. The zero-order chi connectivity index (χ0) is 14.6. The highest BCUT2D eigenvalue weighted by atomic mass is 16.2. The molecule has 1 rings (SSSR count). The molecule has 0 aliphatic heterocycles. The lowest BCUT2D eigenvalue weighted by molar-refractivity contribution is -0.123. The van der Waals surface area contributed by atoms with E-state index < -0.39 is 5.54 Å². The van der Waals surface area contributed by atoms with Crippen LogP contribution in [0, 0.1) is 23.2 Å². The van der Waals surface area contributed by atoms with Gasteiger partial charge < -0.3 is 5.32 Å². The molecule has 0 bridgehead atoms. The van der Waals surface area contributed by atoms with Crippen molar-refractivity contribution in [3.63, 3.8) is 0 Å². The average Bonchev–Trinajstić information content (AvgIpc) is 3.11. The van der Waals surface area contributed by atoms with Gasteiger partial charge in [-0.2, -0.15) is 5.26 Å². The van der Waals surface area contributed by atoms with Gasteiger partial charge in [-0.05, 0) is 52.0 Å². The molecule has 108 valence electrons. The van der Waals surface area contributed by atoms with Gasteiger partial charge in [-0.1, -0.05) is 13.8 Å². The van der Waals surface area contributed by atoms with E-state index in [0.29, 0.717) is 24.4 Å². The number of amides is 1. The molecule has 1 amide bonds. The quantitative estimate of drug-likeness (QED) is 0.767. The molecule has 1 aliphatic rings. The summed E-state index contributed by atoms with van der Waals surface area (Å²) >= 11 is 0. The molecule has 0 spiro atoms. The highest BCUT2D eigenvalue weighted by molar-refractivity contribution is 5.79. The van der Waals surface area contributed by atoms with Crippen LogP contribution in [0.5, 0.6) is 0 Å². The number of carbonyl (C=O) groups excluding carboxylic acids is 1. The lowest BCUT2D eigenvalue weighted by Crippen LogP contribution is -2.50. The number of likely N-dealkylation sites (N-methyl/N-ethyl adjacent to an activating group) is 1. The van der Waals surface area contributed by atoms with E-state index in [9.17, 15) is 10.1 Å². The van der Waals surface area contributed by atoms with Crippen LogP contribution in [-0.2, 0) is 4.79 Å². The minimum atomic E-state index is -0.681. The number of hydrogen-bond acceptors (Lipinski definition) is 3. The first kappa shape index (κ1) is 16.0. The van der Waals surface area contributed by atoms with Gasteiger partial charge in [-0.3, -0.25) is 9.69 Å². The van der Waals surface area contributed by atoms with Gasteiger partial charge in [0.2, 0.25) is 5.91 Å². The van der Waals surface area contributed by atoms with Crippen LogP contribution < -0.4 is 5.32 Å². The van der Waals surface area contributed by atoms with Crippen molar-refractivity contribution >= 4 is 5.91 Å². The third kappa shape index (κ3) is 4.83. The van der Waals surface area contributed by atoms with Crippen LogP contribution in [0.15, 0.2) is 0 Å². The molecule has 1 saturated carbocycles. The Bertz CT molecular complexity index is 357. The summed E-state index contributed by atoms with van der Waals surface area (Å²) in [6.45, 7) is 8.70. The van der Waals surface area contributed by atoms with Crippen molar-refractivity contribution in [3.8, 4) is 6.07 Å². The fourth-order valence-electron chi connectivity index (χ4n) is 2.46. The van der Waals surface area contributed by atoms with Gasteiger partial charge in [0.05, 0.1) is 12.6 Å². The van der Waals surface area contributed by atoms with E-state index in [-0.39, 0.29) is 5.91 Å². The molecular formula is C15H27N3O. The smallest absolute Gasteiger partial charge is 0.235 e. The van der Waals surface area contributed by atoms with E-state index in [1.165, 1.54) is 0 Å². The molecule has 0 saturated heterocycles. The Morgan fingerprint density at radius 1 is 1.47 bits per heavy atom. The van der Waals surface area contributed by atoms with Crippen molar-refractivity contribution in [2.75, 3.05) is 13.6 Å². The van der Waals surface area contributed by atoms with Gasteiger partial charge in [-0.15, -0.1) is 0 Å². The van der Waals surface area contributed by atoms with Crippen molar-refractivity contribution < 1.29 is 4.79 Å². The Balaban J connectivity index is 2.44. The van der Waals surface area contributed by atoms with Crippen LogP contribution in [0.25, 0.3) is 0 Å². The van der Waals surface area contributed by atoms with E-state index in [4.69, 9.17) is 0 Å². The molecule has 1 aliphatic carbocycles. The third-order valence-electron chi connectivity index (χ3n) is 3.98. The summed E-state index contributed by atoms with van der Waals surface area (Å²) in [5.74, 6) is 0.908. The summed E-state index contributed by atoms with van der Waals surface area (Å²) < 4.78 is 0. The maximum absolute atomic E-state index is 12.0. The van der Waals surface area contributed by atoms with Crippen LogP contribution in [0.1, 0.15) is 47.0 Å². The van der Waals surface area contributed by atoms with Crippen LogP contribution in [0.2, 0.25) is 0 Å². The molecule has 1 fully saturated rings. The SMILES string of the molecule is CC(C)C[C@H](C)N(C)CC(=O)N[C@@](C)(C#N)C1CC1. The van der Waals surface area contributed by atoms with Crippen molar-refractivity contribution in [2.45, 2.75) is 58.5 Å². The maximum Gasteiger partial charge on any atom is 0.235 e. The van der Waals surface area contributed by atoms with E-state index in [1.807, 2.05) is 14.0 Å². The normalized spacial score (nSPS) is 19.9. The molecule has 2 atom stereocenters. The summed E-state index contributed by atoms with van der Waals surface area (Å²) in [6, 6.07) is 2.63. The minimum Gasteiger partial charge on any atom is -0.337 e. The number of nitrogens with one attached hydrogen (secondary N) is 1. The molecule has 1 N–H and O–H groups in total. The van der Waals surface area contributed by atoms with Crippen molar-refractivity contribution in [3.05, 3.63) is 0 Å². The molecule has 0 aromatic heterocycles. The molecule has 19 heavy (non-hydrogen) atoms. The monoisotopic (exact) mass is 265 g/mol. The zero-order valence-corrected chi connectivity index (χ0v) is 12.9. The first-order chi connectivity index (χ1) is 8.78.